The molecule has 0 aromatic rings. The van der Waals surface area contributed by atoms with Gasteiger partial charge in [0.2, 0.25) is 0 Å². The second kappa shape index (κ2) is 3.15. The van der Waals surface area contributed by atoms with E-state index in [-0.39, 0.29) is 5.41 Å². The van der Waals surface area contributed by atoms with Gasteiger partial charge in [-0.1, -0.05) is 0 Å². The van der Waals surface area contributed by atoms with Crippen molar-refractivity contribution in [3.63, 3.8) is 0 Å². The Labute approximate surface area is 66.8 Å². The highest BCUT2D eigenvalue weighted by atomic mass is 16.6. The van der Waals surface area contributed by atoms with Gasteiger partial charge in [-0.3, -0.25) is 0 Å². The molecule has 2 aliphatic rings. The van der Waals surface area contributed by atoms with Crippen molar-refractivity contribution in [3.8, 4) is 0 Å². The zero-order valence-electron chi connectivity index (χ0n) is 6.38. The molecule has 0 amide bonds. The Morgan fingerprint density at radius 1 is 0.727 bits per heavy atom. The predicted octanol–water partition coefficient (Wildman–Crippen LogP) is -1.40. The Balaban J connectivity index is 1.94. The van der Waals surface area contributed by atoms with Crippen molar-refractivity contribution in [1.29, 1.82) is 0 Å². The first-order valence-corrected chi connectivity index (χ1v) is 3.72. The summed E-state index contributed by atoms with van der Waals surface area (Å²) >= 11 is 0. The van der Waals surface area contributed by atoms with Crippen molar-refractivity contribution in [3.05, 3.63) is 0 Å². The highest BCUT2D eigenvalue weighted by molar-refractivity contribution is 6.19. The standard InChI is InChI=1S/C5H10B2O4/c1-5(2-9-6-8-1)3-10-7-11-4-5/h6-7H,1-4H2. The fourth-order valence-electron chi connectivity index (χ4n) is 1.40. The van der Waals surface area contributed by atoms with Crippen LogP contribution in [0.1, 0.15) is 0 Å². The number of hydrogen-bond donors (Lipinski definition) is 0. The van der Waals surface area contributed by atoms with Crippen LogP contribution >= 0.6 is 0 Å². The third-order valence-corrected chi connectivity index (χ3v) is 1.97. The maximum absolute atomic E-state index is 5.18. The van der Waals surface area contributed by atoms with Crippen LogP contribution in [0.15, 0.2) is 0 Å². The lowest BCUT2D eigenvalue weighted by molar-refractivity contribution is -0.0709. The first-order valence-electron chi connectivity index (χ1n) is 3.72. The van der Waals surface area contributed by atoms with Gasteiger partial charge >= 0.3 is 15.4 Å². The van der Waals surface area contributed by atoms with E-state index in [1.54, 1.807) is 0 Å². The van der Waals surface area contributed by atoms with Crippen molar-refractivity contribution in [2.75, 3.05) is 26.4 Å². The molecule has 0 bridgehead atoms. The number of rotatable bonds is 0. The average Bonchev–Trinajstić information content (AvgIpc) is 2.07. The molecule has 0 radical (unpaired) electrons. The second-order valence-corrected chi connectivity index (χ2v) is 3.13. The van der Waals surface area contributed by atoms with E-state index in [9.17, 15) is 0 Å². The fraction of sp³-hybridized carbons (Fsp3) is 1.00. The predicted molar refractivity (Wildman–Crippen MR) is 40.5 cm³/mol. The van der Waals surface area contributed by atoms with Gasteiger partial charge in [0.15, 0.2) is 0 Å². The summed E-state index contributed by atoms with van der Waals surface area (Å²) in [5, 5.41) is 0. The van der Waals surface area contributed by atoms with Gasteiger partial charge in [-0.2, -0.15) is 0 Å². The highest BCUT2D eigenvalue weighted by Gasteiger charge is 2.36. The number of hydrogen-bond acceptors (Lipinski definition) is 4. The highest BCUT2D eigenvalue weighted by Crippen LogP contribution is 2.24. The van der Waals surface area contributed by atoms with Gasteiger partial charge in [0.25, 0.3) is 0 Å². The molecule has 1 spiro atoms. The summed E-state index contributed by atoms with van der Waals surface area (Å²) in [4.78, 5) is 0. The molecule has 2 rings (SSSR count). The van der Waals surface area contributed by atoms with Gasteiger partial charge in [-0.05, 0) is 0 Å². The van der Waals surface area contributed by atoms with Gasteiger partial charge in [0, 0.05) is 26.4 Å². The first-order chi connectivity index (χ1) is 5.41. The van der Waals surface area contributed by atoms with Crippen molar-refractivity contribution in [2.45, 2.75) is 0 Å². The van der Waals surface area contributed by atoms with E-state index in [2.05, 4.69) is 0 Å². The Morgan fingerprint density at radius 2 is 1.09 bits per heavy atom. The van der Waals surface area contributed by atoms with Crippen LogP contribution in [0.5, 0.6) is 0 Å². The van der Waals surface area contributed by atoms with Crippen LogP contribution in [0.4, 0.5) is 0 Å². The quantitative estimate of drug-likeness (QED) is 0.404. The first kappa shape index (κ1) is 7.61. The normalized spacial score (nSPS) is 29.1. The van der Waals surface area contributed by atoms with Crippen LogP contribution in [0.2, 0.25) is 0 Å². The Hall–Kier alpha value is -0.0301. The molecule has 2 heterocycles. The molecule has 0 atom stereocenters. The van der Waals surface area contributed by atoms with E-state index in [0.29, 0.717) is 41.8 Å². The van der Waals surface area contributed by atoms with Crippen molar-refractivity contribution in [2.24, 2.45) is 5.41 Å². The summed E-state index contributed by atoms with van der Waals surface area (Å²) in [5.41, 5.74) is -0.0312. The van der Waals surface area contributed by atoms with Gasteiger partial charge in [0.05, 0.1) is 5.41 Å². The molecule has 0 aliphatic carbocycles. The smallest absolute Gasteiger partial charge is 0.413 e. The molecule has 6 heteroatoms. The lowest BCUT2D eigenvalue weighted by atomic mass is 9.88. The van der Waals surface area contributed by atoms with E-state index >= 15 is 0 Å². The van der Waals surface area contributed by atoms with Crippen LogP contribution in [0.25, 0.3) is 0 Å². The van der Waals surface area contributed by atoms with Crippen molar-refractivity contribution >= 4 is 15.4 Å². The molecule has 2 aliphatic heterocycles. The molecule has 2 saturated heterocycles. The van der Waals surface area contributed by atoms with Gasteiger partial charge in [-0.15, -0.1) is 0 Å². The van der Waals surface area contributed by atoms with Crippen molar-refractivity contribution in [1.82, 2.24) is 0 Å². The fourth-order valence-corrected chi connectivity index (χ4v) is 1.40. The summed E-state index contributed by atoms with van der Waals surface area (Å²) in [6.07, 6.45) is 0. The van der Waals surface area contributed by atoms with E-state index in [1.807, 2.05) is 0 Å². The third-order valence-electron chi connectivity index (χ3n) is 1.97. The van der Waals surface area contributed by atoms with E-state index in [0.717, 1.165) is 0 Å². The minimum absolute atomic E-state index is 0.0312. The van der Waals surface area contributed by atoms with Gasteiger partial charge < -0.3 is 18.6 Å². The van der Waals surface area contributed by atoms with Gasteiger partial charge in [-0.25, -0.2) is 0 Å². The van der Waals surface area contributed by atoms with Crippen LogP contribution < -0.4 is 0 Å². The van der Waals surface area contributed by atoms with Crippen LogP contribution in [0.3, 0.4) is 0 Å². The maximum atomic E-state index is 5.18. The summed E-state index contributed by atoms with van der Waals surface area (Å²) in [6, 6.07) is 0. The molecule has 0 saturated carbocycles. The topological polar surface area (TPSA) is 36.9 Å². The molecular weight excluding hydrogens is 146 g/mol. The largest absolute Gasteiger partial charge is 0.438 e. The zero-order chi connectivity index (χ0) is 7.57. The average molecular weight is 156 g/mol. The van der Waals surface area contributed by atoms with E-state index in [1.165, 1.54) is 0 Å². The summed E-state index contributed by atoms with van der Waals surface area (Å²) in [5.74, 6) is 0. The minimum atomic E-state index is -0.0312. The molecule has 60 valence electrons. The molecule has 0 aromatic carbocycles. The SMILES string of the molecule is B1OCC2(CO1)COBOC2. The molecule has 2 fully saturated rings. The molecule has 11 heavy (non-hydrogen) atoms. The molecule has 0 aromatic heterocycles. The molecular formula is C5H10B2O4. The van der Waals surface area contributed by atoms with E-state index in [4.69, 9.17) is 18.6 Å². The zero-order valence-corrected chi connectivity index (χ0v) is 6.38. The second-order valence-electron chi connectivity index (χ2n) is 3.13. The van der Waals surface area contributed by atoms with Crippen LogP contribution in [-0.2, 0) is 18.6 Å². The Kier molecular flexibility index (Phi) is 2.18. The lowest BCUT2D eigenvalue weighted by Gasteiger charge is -2.38. The molecule has 0 unspecified atom stereocenters. The Bertz CT molecular complexity index is 111. The molecule has 0 N–H and O–H groups in total. The monoisotopic (exact) mass is 156 g/mol. The minimum Gasteiger partial charge on any atom is -0.413 e. The van der Waals surface area contributed by atoms with Crippen LogP contribution in [-0.4, -0.2) is 41.8 Å². The summed E-state index contributed by atoms with van der Waals surface area (Å²) in [6.45, 7) is 2.75. The molecule has 4 nitrogen and oxygen atoms in total. The third kappa shape index (κ3) is 1.59. The maximum Gasteiger partial charge on any atom is 0.438 e. The Morgan fingerprint density at radius 3 is 1.45 bits per heavy atom. The lowest BCUT2D eigenvalue weighted by Crippen LogP contribution is -2.49. The summed E-state index contributed by atoms with van der Waals surface area (Å²) in [7, 11) is 0.809. The van der Waals surface area contributed by atoms with Gasteiger partial charge in [0.1, 0.15) is 0 Å². The van der Waals surface area contributed by atoms with Crippen LogP contribution in [0, 0.1) is 5.41 Å². The van der Waals surface area contributed by atoms with Crippen molar-refractivity contribution < 1.29 is 18.6 Å². The van der Waals surface area contributed by atoms with E-state index < -0.39 is 0 Å². The summed E-state index contributed by atoms with van der Waals surface area (Å²) < 4.78 is 20.7.